The highest BCUT2D eigenvalue weighted by Gasteiger charge is 2.50. The first-order valence-electron chi connectivity index (χ1n) is 14.3. The van der Waals surface area contributed by atoms with E-state index in [2.05, 4.69) is 34.2 Å². The van der Waals surface area contributed by atoms with Gasteiger partial charge in [0.15, 0.2) is 0 Å². The van der Waals surface area contributed by atoms with E-state index in [1.807, 2.05) is 13.8 Å². The van der Waals surface area contributed by atoms with E-state index in [-0.39, 0.29) is 11.5 Å². The lowest BCUT2D eigenvalue weighted by Crippen LogP contribution is -2.53. The molecule has 0 aromatic carbocycles. The van der Waals surface area contributed by atoms with E-state index < -0.39 is 27.7 Å². The minimum Gasteiger partial charge on any atom is -0.386 e. The Bertz CT molecular complexity index is 1010. The average molecular weight is 577 g/mol. The highest BCUT2D eigenvalue weighted by molar-refractivity contribution is 7.88. The zero-order valence-electron chi connectivity index (χ0n) is 24.2. The Morgan fingerprint density at radius 2 is 1.69 bits per heavy atom. The molecule has 3 heterocycles. The Labute approximate surface area is 233 Å². The zero-order chi connectivity index (χ0) is 29.1. The molecule has 8 nitrogen and oxygen atoms in total. The molecule has 0 aromatic rings. The molecule has 0 aliphatic carbocycles. The molecular formula is C27H47F3N6O2S. The fourth-order valence-electron chi connectivity index (χ4n) is 6.45. The summed E-state index contributed by atoms with van der Waals surface area (Å²) in [6, 6.07) is 1.34. The molecule has 3 rings (SSSR count). The Balaban J connectivity index is 1.62. The Morgan fingerprint density at radius 1 is 1.05 bits per heavy atom. The van der Waals surface area contributed by atoms with Crippen molar-refractivity contribution in [2.75, 3.05) is 71.7 Å². The third-order valence-electron chi connectivity index (χ3n) is 9.20. The van der Waals surface area contributed by atoms with Gasteiger partial charge in [0.2, 0.25) is 10.0 Å². The summed E-state index contributed by atoms with van der Waals surface area (Å²) < 4.78 is 65.1. The molecule has 1 N–H and O–H groups in total. The van der Waals surface area contributed by atoms with Crippen LogP contribution >= 0.6 is 0 Å². The Kier molecular flexibility index (Phi) is 10.4. The second-order valence-electron chi connectivity index (χ2n) is 11.9. The van der Waals surface area contributed by atoms with Crippen LogP contribution in [0.4, 0.5) is 13.2 Å². The fourth-order valence-corrected chi connectivity index (χ4v) is 7.28. The molecule has 3 fully saturated rings. The lowest BCUT2D eigenvalue weighted by molar-refractivity contribution is -0.176. The maximum Gasteiger partial charge on any atom is 0.403 e. The minimum atomic E-state index is -4.22. The third-order valence-corrected chi connectivity index (χ3v) is 10.5. The number of rotatable bonds is 11. The lowest BCUT2D eigenvalue weighted by atomic mass is 9.81. The first-order valence-corrected chi connectivity index (χ1v) is 16.1. The summed E-state index contributed by atoms with van der Waals surface area (Å²) in [4.78, 5) is 6.13. The largest absolute Gasteiger partial charge is 0.403 e. The molecule has 224 valence electrons. The van der Waals surface area contributed by atoms with Crippen LogP contribution < -0.4 is 5.32 Å². The molecule has 0 bridgehead atoms. The minimum absolute atomic E-state index is 0.140. The highest BCUT2D eigenvalue weighted by atomic mass is 32.2. The molecule has 3 aliphatic heterocycles. The lowest BCUT2D eigenvalue weighted by Gasteiger charge is -2.38. The number of piperazine rings is 1. The summed E-state index contributed by atoms with van der Waals surface area (Å²) in [5, 5.41) is 14.0. The van der Waals surface area contributed by atoms with Crippen molar-refractivity contribution in [2.24, 2.45) is 10.8 Å². The number of hydrogen-bond acceptors (Lipinski definition) is 7. The number of sulfonamides is 1. The van der Waals surface area contributed by atoms with Gasteiger partial charge in [-0.2, -0.15) is 22.7 Å². The summed E-state index contributed by atoms with van der Waals surface area (Å²) in [6.45, 7) is 13.4. The average Bonchev–Trinajstić information content (AvgIpc) is 3.49. The van der Waals surface area contributed by atoms with Crippen LogP contribution in [0.2, 0.25) is 0 Å². The van der Waals surface area contributed by atoms with Crippen molar-refractivity contribution in [1.82, 2.24) is 24.3 Å². The van der Waals surface area contributed by atoms with Gasteiger partial charge in [-0.25, -0.2) is 8.42 Å². The molecule has 3 aliphatic rings. The van der Waals surface area contributed by atoms with E-state index in [9.17, 15) is 26.9 Å². The predicted octanol–water partition coefficient (Wildman–Crippen LogP) is 3.10. The molecule has 0 aromatic heterocycles. The van der Waals surface area contributed by atoms with Gasteiger partial charge in [-0.05, 0) is 58.0 Å². The van der Waals surface area contributed by atoms with Crippen LogP contribution in [-0.2, 0) is 10.0 Å². The number of likely N-dealkylation sites (tertiary alicyclic amines) is 2. The van der Waals surface area contributed by atoms with Gasteiger partial charge in [0.25, 0.3) is 0 Å². The van der Waals surface area contributed by atoms with Gasteiger partial charge >= 0.3 is 6.18 Å². The van der Waals surface area contributed by atoms with Crippen molar-refractivity contribution in [3.05, 3.63) is 11.8 Å². The van der Waals surface area contributed by atoms with E-state index in [4.69, 9.17) is 0 Å². The van der Waals surface area contributed by atoms with Gasteiger partial charge in [-0.15, -0.1) is 0 Å². The molecule has 0 amide bonds. The number of allylic oxidation sites excluding steroid dienone is 1. The summed E-state index contributed by atoms with van der Waals surface area (Å²) in [6.07, 6.45) is 2.15. The van der Waals surface area contributed by atoms with Crippen molar-refractivity contribution in [2.45, 2.75) is 71.6 Å². The second kappa shape index (κ2) is 12.6. The van der Waals surface area contributed by atoms with Gasteiger partial charge in [0.05, 0.1) is 12.3 Å². The maximum absolute atomic E-state index is 13.3. The van der Waals surface area contributed by atoms with Crippen LogP contribution in [0.15, 0.2) is 11.8 Å². The SMILES string of the molecule is CC/C=C(/NC[C@H](C)N1CCN(S(C)(=O)=O)CC1)C(C#N)(CC)CN1CCC2(CCN(C(C)C(F)(F)F)C2)C1. The van der Waals surface area contributed by atoms with Crippen molar-refractivity contribution < 1.29 is 21.6 Å². The zero-order valence-corrected chi connectivity index (χ0v) is 25.0. The van der Waals surface area contributed by atoms with Crippen molar-refractivity contribution in [3.8, 4) is 6.07 Å². The highest BCUT2D eigenvalue weighted by Crippen LogP contribution is 2.43. The normalized spacial score (nSPS) is 27.9. The molecule has 1 spiro atoms. The molecular weight excluding hydrogens is 529 g/mol. The summed E-state index contributed by atoms with van der Waals surface area (Å²) in [7, 11) is -3.18. The molecule has 12 heteroatoms. The summed E-state index contributed by atoms with van der Waals surface area (Å²) in [5.74, 6) is 0. The smallest absolute Gasteiger partial charge is 0.386 e. The van der Waals surface area contributed by atoms with E-state index in [1.165, 1.54) is 17.5 Å². The fraction of sp³-hybridized carbons (Fsp3) is 0.889. The number of nitrogens with one attached hydrogen (secondary N) is 1. The molecule has 4 atom stereocenters. The molecule has 0 saturated carbocycles. The van der Waals surface area contributed by atoms with E-state index in [1.54, 1.807) is 4.90 Å². The molecule has 3 unspecified atom stereocenters. The number of hydrogen-bond donors (Lipinski definition) is 1. The van der Waals surface area contributed by atoms with Gasteiger partial charge in [0, 0.05) is 64.1 Å². The molecule has 0 radical (unpaired) electrons. The first kappa shape index (κ1) is 32.1. The monoisotopic (exact) mass is 576 g/mol. The topological polar surface area (TPSA) is 82.9 Å². The van der Waals surface area contributed by atoms with Crippen molar-refractivity contribution in [3.63, 3.8) is 0 Å². The standard InChI is InChI=1S/C27H47F3N6O2S/c1-6-8-24(32-17-22(3)34-13-15-36(16-14-34)39(5,37)38)26(7-2,18-31)21-33-11-9-25(19-33)10-12-35(20-25)23(4)27(28,29)30/h8,22-23,32H,6-7,9-17,19-21H2,1-5H3/b24-8+/t22-,23?,25?,26?/m0/s1. The van der Waals surface area contributed by atoms with Crippen LogP contribution in [0.3, 0.4) is 0 Å². The third kappa shape index (κ3) is 7.67. The maximum atomic E-state index is 13.3. The summed E-state index contributed by atoms with van der Waals surface area (Å²) in [5.41, 5.74) is 0.0451. The van der Waals surface area contributed by atoms with E-state index in [0.717, 1.165) is 38.0 Å². The number of nitrogens with zero attached hydrogens (tertiary/aromatic N) is 5. The van der Waals surface area contributed by atoms with E-state index in [0.29, 0.717) is 58.8 Å². The van der Waals surface area contributed by atoms with Gasteiger partial charge in [0.1, 0.15) is 11.5 Å². The van der Waals surface area contributed by atoms with Crippen LogP contribution in [0, 0.1) is 22.2 Å². The van der Waals surface area contributed by atoms with Gasteiger partial charge < -0.3 is 10.2 Å². The Morgan fingerprint density at radius 3 is 2.23 bits per heavy atom. The quantitative estimate of drug-likeness (QED) is 0.405. The first-order chi connectivity index (χ1) is 18.2. The predicted molar refractivity (Wildman–Crippen MR) is 147 cm³/mol. The van der Waals surface area contributed by atoms with Crippen molar-refractivity contribution in [1.29, 1.82) is 5.26 Å². The van der Waals surface area contributed by atoms with Crippen molar-refractivity contribution >= 4 is 10.0 Å². The van der Waals surface area contributed by atoms with Crippen LogP contribution in [0.1, 0.15) is 53.4 Å². The molecule has 39 heavy (non-hydrogen) atoms. The molecule has 3 saturated heterocycles. The van der Waals surface area contributed by atoms with Crippen LogP contribution in [0.5, 0.6) is 0 Å². The van der Waals surface area contributed by atoms with Crippen LogP contribution in [0.25, 0.3) is 0 Å². The second-order valence-corrected chi connectivity index (χ2v) is 13.9. The van der Waals surface area contributed by atoms with Gasteiger partial charge in [-0.3, -0.25) is 9.80 Å². The van der Waals surface area contributed by atoms with Gasteiger partial charge in [-0.1, -0.05) is 19.9 Å². The number of alkyl halides is 3. The number of nitriles is 1. The Hall–Kier alpha value is -1.39. The summed E-state index contributed by atoms with van der Waals surface area (Å²) >= 11 is 0. The van der Waals surface area contributed by atoms with Crippen LogP contribution in [-0.4, -0.2) is 117 Å². The van der Waals surface area contributed by atoms with E-state index >= 15 is 0 Å². The number of halogens is 3.